The normalized spacial score (nSPS) is 17.2. The number of nitrogens with two attached hydrogens (primary N) is 1. The maximum atomic E-state index is 6.06. The topological polar surface area (TPSA) is 80.8 Å². The summed E-state index contributed by atoms with van der Waals surface area (Å²) in [6.45, 7) is 1.73. The quantitative estimate of drug-likeness (QED) is 0.797. The summed E-state index contributed by atoms with van der Waals surface area (Å²) in [6, 6.07) is 9.97. The van der Waals surface area contributed by atoms with Gasteiger partial charge in [0.2, 0.25) is 0 Å². The van der Waals surface area contributed by atoms with E-state index in [4.69, 9.17) is 15.7 Å². The lowest BCUT2D eigenvalue weighted by atomic mass is 10.2. The highest BCUT2D eigenvalue weighted by Crippen LogP contribution is 2.27. The molecule has 1 unspecified atom stereocenters. The average molecular weight is 318 g/mol. The molecule has 1 fully saturated rings. The van der Waals surface area contributed by atoms with Gasteiger partial charge < -0.3 is 10.6 Å². The SMILES string of the molecule is NC1CCN(c2cc(-c3cccnc3)nc(-c3cccnc3)n2)C1. The van der Waals surface area contributed by atoms with E-state index < -0.39 is 0 Å². The summed E-state index contributed by atoms with van der Waals surface area (Å²) < 4.78 is 0. The summed E-state index contributed by atoms with van der Waals surface area (Å²) in [4.78, 5) is 20.0. The number of rotatable bonds is 3. The van der Waals surface area contributed by atoms with Crippen LogP contribution in [0.2, 0.25) is 0 Å². The van der Waals surface area contributed by atoms with Gasteiger partial charge in [0.05, 0.1) is 5.69 Å². The van der Waals surface area contributed by atoms with E-state index in [1.54, 1.807) is 18.6 Å². The number of hydrogen-bond acceptors (Lipinski definition) is 6. The van der Waals surface area contributed by atoms with Crippen LogP contribution in [0.1, 0.15) is 6.42 Å². The van der Waals surface area contributed by atoms with E-state index in [-0.39, 0.29) is 6.04 Å². The third-order valence-corrected chi connectivity index (χ3v) is 4.14. The molecule has 3 aromatic rings. The zero-order chi connectivity index (χ0) is 16.4. The fraction of sp³-hybridized carbons (Fsp3) is 0.222. The second kappa shape index (κ2) is 6.33. The number of pyridine rings is 2. The van der Waals surface area contributed by atoms with Crippen molar-refractivity contribution < 1.29 is 0 Å². The van der Waals surface area contributed by atoms with Crippen molar-refractivity contribution in [3.8, 4) is 22.6 Å². The molecule has 2 N–H and O–H groups in total. The summed E-state index contributed by atoms with van der Waals surface area (Å²) >= 11 is 0. The van der Waals surface area contributed by atoms with Gasteiger partial charge in [-0.2, -0.15) is 0 Å². The monoisotopic (exact) mass is 318 g/mol. The van der Waals surface area contributed by atoms with Crippen molar-refractivity contribution in [1.29, 1.82) is 0 Å². The maximum Gasteiger partial charge on any atom is 0.163 e. The van der Waals surface area contributed by atoms with Crippen LogP contribution in [-0.2, 0) is 0 Å². The predicted octanol–water partition coefficient (Wildman–Crippen LogP) is 2.14. The van der Waals surface area contributed by atoms with Crippen molar-refractivity contribution in [2.75, 3.05) is 18.0 Å². The van der Waals surface area contributed by atoms with Crippen molar-refractivity contribution in [3.63, 3.8) is 0 Å². The van der Waals surface area contributed by atoms with Crippen LogP contribution in [0.3, 0.4) is 0 Å². The van der Waals surface area contributed by atoms with E-state index >= 15 is 0 Å². The van der Waals surface area contributed by atoms with Crippen LogP contribution in [0.4, 0.5) is 5.82 Å². The minimum Gasteiger partial charge on any atom is -0.355 e. The van der Waals surface area contributed by atoms with Gasteiger partial charge in [-0.15, -0.1) is 0 Å². The lowest BCUT2D eigenvalue weighted by molar-refractivity contribution is 0.751. The molecule has 0 spiro atoms. The number of anilines is 1. The van der Waals surface area contributed by atoms with Crippen LogP contribution in [0.25, 0.3) is 22.6 Å². The van der Waals surface area contributed by atoms with Crippen LogP contribution >= 0.6 is 0 Å². The Balaban J connectivity index is 1.82. The first-order valence-corrected chi connectivity index (χ1v) is 8.00. The van der Waals surface area contributed by atoms with Gasteiger partial charge >= 0.3 is 0 Å². The zero-order valence-electron chi connectivity index (χ0n) is 13.2. The minimum absolute atomic E-state index is 0.198. The fourth-order valence-corrected chi connectivity index (χ4v) is 2.88. The third kappa shape index (κ3) is 2.96. The standard InChI is InChI=1S/C18H18N6/c19-15-5-8-24(12-15)17-9-16(13-3-1-6-20-10-13)22-18(23-17)14-4-2-7-21-11-14/h1-4,6-7,9-11,15H,5,8,12,19H2. The van der Waals surface area contributed by atoms with E-state index in [1.165, 1.54) is 0 Å². The Labute approximate surface area is 140 Å². The highest BCUT2D eigenvalue weighted by Gasteiger charge is 2.22. The summed E-state index contributed by atoms with van der Waals surface area (Å²) in [5, 5.41) is 0. The van der Waals surface area contributed by atoms with Gasteiger partial charge in [0.15, 0.2) is 5.82 Å². The third-order valence-electron chi connectivity index (χ3n) is 4.14. The molecule has 1 aliphatic rings. The van der Waals surface area contributed by atoms with Crippen molar-refractivity contribution in [2.45, 2.75) is 12.5 Å². The van der Waals surface area contributed by atoms with E-state index in [2.05, 4.69) is 14.9 Å². The van der Waals surface area contributed by atoms with Crippen molar-refractivity contribution in [3.05, 3.63) is 55.1 Å². The Morgan fingerprint density at radius 3 is 2.38 bits per heavy atom. The van der Waals surface area contributed by atoms with Gasteiger partial charge in [0, 0.05) is 61.1 Å². The molecule has 0 radical (unpaired) electrons. The number of aromatic nitrogens is 4. The summed E-state index contributed by atoms with van der Waals surface area (Å²) in [5.74, 6) is 1.57. The lowest BCUT2D eigenvalue weighted by Crippen LogP contribution is -2.27. The first-order valence-electron chi connectivity index (χ1n) is 8.00. The van der Waals surface area contributed by atoms with Crippen molar-refractivity contribution in [1.82, 2.24) is 19.9 Å². The Hall–Kier alpha value is -2.86. The fourth-order valence-electron chi connectivity index (χ4n) is 2.88. The predicted molar refractivity (Wildman–Crippen MR) is 93.3 cm³/mol. The molecule has 24 heavy (non-hydrogen) atoms. The maximum absolute atomic E-state index is 6.06. The summed E-state index contributed by atoms with van der Waals surface area (Å²) in [7, 11) is 0. The minimum atomic E-state index is 0.198. The lowest BCUT2D eigenvalue weighted by Gasteiger charge is -2.18. The van der Waals surface area contributed by atoms with Crippen molar-refractivity contribution in [2.24, 2.45) is 5.73 Å². The molecule has 0 bridgehead atoms. The highest BCUT2D eigenvalue weighted by molar-refractivity contribution is 5.67. The van der Waals surface area contributed by atoms with Crippen LogP contribution in [0.15, 0.2) is 55.1 Å². The van der Waals surface area contributed by atoms with Gasteiger partial charge in [-0.1, -0.05) is 0 Å². The molecule has 0 amide bonds. The molecular weight excluding hydrogens is 300 g/mol. The summed E-state index contributed by atoms with van der Waals surface area (Å²) in [6.07, 6.45) is 8.08. The zero-order valence-corrected chi connectivity index (χ0v) is 13.2. The smallest absolute Gasteiger partial charge is 0.163 e. The Morgan fingerprint density at radius 2 is 1.75 bits per heavy atom. The van der Waals surface area contributed by atoms with Gasteiger partial charge in [-0.25, -0.2) is 9.97 Å². The van der Waals surface area contributed by atoms with Crippen LogP contribution in [-0.4, -0.2) is 39.1 Å². The first-order chi connectivity index (χ1) is 11.8. The molecule has 1 aliphatic heterocycles. The molecule has 3 aromatic heterocycles. The average Bonchev–Trinajstić information content (AvgIpc) is 3.09. The van der Waals surface area contributed by atoms with Crippen LogP contribution < -0.4 is 10.6 Å². The molecule has 0 aliphatic carbocycles. The van der Waals surface area contributed by atoms with E-state index in [0.717, 1.165) is 42.1 Å². The first kappa shape index (κ1) is 14.7. The molecule has 4 rings (SSSR count). The van der Waals surface area contributed by atoms with E-state index in [0.29, 0.717) is 5.82 Å². The molecule has 0 saturated carbocycles. The van der Waals surface area contributed by atoms with Crippen molar-refractivity contribution >= 4 is 5.82 Å². The van der Waals surface area contributed by atoms with Gasteiger partial charge in [0.25, 0.3) is 0 Å². The van der Waals surface area contributed by atoms with Crippen LogP contribution in [0.5, 0.6) is 0 Å². The molecular formula is C18H18N6. The molecule has 6 heteroatoms. The number of nitrogens with zero attached hydrogens (tertiary/aromatic N) is 5. The highest BCUT2D eigenvalue weighted by atomic mass is 15.2. The van der Waals surface area contributed by atoms with Gasteiger partial charge in [-0.05, 0) is 30.7 Å². The Kier molecular flexibility index (Phi) is 3.88. The molecule has 120 valence electrons. The van der Waals surface area contributed by atoms with Gasteiger partial charge in [-0.3, -0.25) is 9.97 Å². The second-order valence-electron chi connectivity index (χ2n) is 5.91. The van der Waals surface area contributed by atoms with E-state index in [9.17, 15) is 0 Å². The van der Waals surface area contributed by atoms with Gasteiger partial charge in [0.1, 0.15) is 5.82 Å². The molecule has 4 heterocycles. The molecule has 0 aromatic carbocycles. The molecule has 6 nitrogen and oxygen atoms in total. The largest absolute Gasteiger partial charge is 0.355 e. The molecule has 1 atom stereocenters. The Morgan fingerprint density at radius 1 is 1.00 bits per heavy atom. The second-order valence-corrected chi connectivity index (χ2v) is 5.91. The summed E-state index contributed by atoms with van der Waals surface area (Å²) in [5.41, 5.74) is 8.77. The Bertz CT molecular complexity index is 764. The molecule has 1 saturated heterocycles. The van der Waals surface area contributed by atoms with E-state index in [1.807, 2.05) is 36.5 Å². The number of hydrogen-bond donors (Lipinski definition) is 1. The van der Waals surface area contributed by atoms with Crippen LogP contribution in [0, 0.1) is 0 Å².